The molecule has 136 valence electrons. The quantitative estimate of drug-likeness (QED) is 0.302. The van der Waals surface area contributed by atoms with Crippen molar-refractivity contribution in [3.8, 4) is 33.6 Å². The van der Waals surface area contributed by atoms with E-state index in [1.165, 1.54) is 37.3 Å². The number of rotatable bonds is 2. The van der Waals surface area contributed by atoms with Gasteiger partial charge in [-0.05, 0) is 23.1 Å². The normalized spacial score (nSPS) is 12.0. The van der Waals surface area contributed by atoms with E-state index in [-0.39, 0.29) is 0 Å². The molecule has 0 spiro atoms. The lowest BCUT2D eigenvalue weighted by Gasteiger charge is -2.23. The van der Waals surface area contributed by atoms with Crippen molar-refractivity contribution in [3.05, 3.63) is 103 Å². The van der Waals surface area contributed by atoms with Crippen molar-refractivity contribution in [3.63, 3.8) is 0 Å². The zero-order valence-corrected chi connectivity index (χ0v) is 16.5. The van der Waals surface area contributed by atoms with Gasteiger partial charge in [0.2, 0.25) is 0 Å². The summed E-state index contributed by atoms with van der Waals surface area (Å²) < 4.78 is 0. The summed E-state index contributed by atoms with van der Waals surface area (Å²) in [5.74, 6) is 0. The zero-order chi connectivity index (χ0) is 19.2. The summed E-state index contributed by atoms with van der Waals surface area (Å²) in [5.41, 5.74) is 6.90. The molecular formula is C27H17NS. The summed E-state index contributed by atoms with van der Waals surface area (Å²) >= 11 is 1.84. The SMILES string of the molecule is c1ccc(-c2nc3c4c(cccc4c2-c2ccccc2)Sc2ccccc2-3)cc1. The molecule has 0 saturated heterocycles. The van der Waals surface area contributed by atoms with Gasteiger partial charge in [-0.1, -0.05) is 103 Å². The van der Waals surface area contributed by atoms with Gasteiger partial charge in [-0.3, -0.25) is 0 Å². The van der Waals surface area contributed by atoms with Gasteiger partial charge >= 0.3 is 0 Å². The predicted molar refractivity (Wildman–Crippen MR) is 122 cm³/mol. The second-order valence-electron chi connectivity index (χ2n) is 7.19. The van der Waals surface area contributed by atoms with Gasteiger partial charge in [-0.15, -0.1) is 0 Å². The fraction of sp³-hybridized carbons (Fsp3) is 0. The third kappa shape index (κ3) is 2.60. The minimum atomic E-state index is 1.04. The first-order chi connectivity index (χ1) is 14.4. The standard InChI is InChI=1S/C27H17NS/c1-3-10-18(11-4-1)24-21-15-9-17-23-25(21)27(20-14-7-8-16-22(20)29-23)28-26(24)19-12-5-2-6-13-19/h1-17H. The molecule has 0 radical (unpaired) electrons. The van der Waals surface area contributed by atoms with E-state index in [4.69, 9.17) is 4.98 Å². The molecule has 0 saturated carbocycles. The topological polar surface area (TPSA) is 12.9 Å². The number of pyridine rings is 1. The summed E-state index contributed by atoms with van der Waals surface area (Å²) in [6, 6.07) is 36.4. The molecule has 0 fully saturated rings. The largest absolute Gasteiger partial charge is 0.246 e. The van der Waals surface area contributed by atoms with Crippen LogP contribution in [0.15, 0.2) is 113 Å². The van der Waals surface area contributed by atoms with E-state index in [1.54, 1.807) is 0 Å². The van der Waals surface area contributed by atoms with Crippen LogP contribution in [0.4, 0.5) is 0 Å². The Balaban J connectivity index is 1.80. The van der Waals surface area contributed by atoms with Crippen LogP contribution < -0.4 is 0 Å². The van der Waals surface area contributed by atoms with Crippen LogP contribution in [0.5, 0.6) is 0 Å². The Morgan fingerprint density at radius 1 is 0.517 bits per heavy atom. The maximum absolute atomic E-state index is 5.31. The predicted octanol–water partition coefficient (Wildman–Crippen LogP) is 7.70. The van der Waals surface area contributed by atoms with E-state index in [0.717, 1.165) is 17.0 Å². The molecule has 0 aliphatic carbocycles. The molecule has 0 atom stereocenters. The number of nitrogens with zero attached hydrogens (tertiary/aromatic N) is 1. The molecule has 0 bridgehead atoms. The molecule has 1 aliphatic heterocycles. The number of fused-ring (bicyclic) bond motifs is 2. The Hall–Kier alpha value is -3.36. The van der Waals surface area contributed by atoms with Crippen molar-refractivity contribution in [2.75, 3.05) is 0 Å². The molecule has 29 heavy (non-hydrogen) atoms. The van der Waals surface area contributed by atoms with E-state index in [0.29, 0.717) is 0 Å². The summed E-state index contributed by atoms with van der Waals surface area (Å²) in [5, 5.41) is 2.52. The van der Waals surface area contributed by atoms with Crippen molar-refractivity contribution in [2.45, 2.75) is 9.79 Å². The summed E-state index contributed by atoms with van der Waals surface area (Å²) in [4.78, 5) is 7.85. The van der Waals surface area contributed by atoms with Crippen molar-refractivity contribution < 1.29 is 0 Å². The van der Waals surface area contributed by atoms with Gasteiger partial charge in [-0.25, -0.2) is 4.98 Å². The lowest BCUT2D eigenvalue weighted by Crippen LogP contribution is -2.00. The molecule has 0 unspecified atom stereocenters. The van der Waals surface area contributed by atoms with Crippen LogP contribution in [-0.4, -0.2) is 4.98 Å². The second-order valence-corrected chi connectivity index (χ2v) is 8.28. The maximum Gasteiger partial charge on any atom is 0.0811 e. The lowest BCUT2D eigenvalue weighted by molar-refractivity contribution is 1.29. The Morgan fingerprint density at radius 3 is 1.97 bits per heavy atom. The minimum absolute atomic E-state index is 1.04. The minimum Gasteiger partial charge on any atom is -0.246 e. The molecule has 4 aromatic carbocycles. The first-order valence-corrected chi connectivity index (χ1v) is 10.6. The first kappa shape index (κ1) is 16.6. The summed E-state index contributed by atoms with van der Waals surface area (Å²) in [6.45, 7) is 0. The van der Waals surface area contributed by atoms with Crippen molar-refractivity contribution in [1.82, 2.24) is 4.98 Å². The molecule has 1 nitrogen and oxygen atoms in total. The number of hydrogen-bond acceptors (Lipinski definition) is 2. The Labute approximate surface area is 174 Å². The molecule has 6 rings (SSSR count). The molecule has 1 aromatic heterocycles. The average molecular weight is 388 g/mol. The zero-order valence-electron chi connectivity index (χ0n) is 15.7. The fourth-order valence-corrected chi connectivity index (χ4v) is 5.30. The van der Waals surface area contributed by atoms with Crippen LogP contribution in [0.3, 0.4) is 0 Å². The van der Waals surface area contributed by atoms with Gasteiger partial charge in [-0.2, -0.15) is 0 Å². The summed E-state index contributed by atoms with van der Waals surface area (Å²) in [6.07, 6.45) is 0. The number of benzene rings is 4. The van der Waals surface area contributed by atoms with Gasteiger partial charge < -0.3 is 0 Å². The van der Waals surface area contributed by atoms with Gasteiger partial charge in [0.05, 0.1) is 11.4 Å². The highest BCUT2D eigenvalue weighted by molar-refractivity contribution is 7.99. The average Bonchev–Trinajstić information content (AvgIpc) is 2.80. The first-order valence-electron chi connectivity index (χ1n) is 9.75. The van der Waals surface area contributed by atoms with Crippen molar-refractivity contribution in [2.24, 2.45) is 0 Å². The molecule has 1 aliphatic rings. The number of hydrogen-bond donors (Lipinski definition) is 0. The van der Waals surface area contributed by atoms with Crippen LogP contribution in [0.1, 0.15) is 0 Å². The number of aromatic nitrogens is 1. The monoisotopic (exact) mass is 387 g/mol. The van der Waals surface area contributed by atoms with Gasteiger partial charge in [0.25, 0.3) is 0 Å². The third-order valence-corrected chi connectivity index (χ3v) is 6.60. The maximum atomic E-state index is 5.31. The van der Waals surface area contributed by atoms with Crippen LogP contribution in [0.2, 0.25) is 0 Å². The van der Waals surface area contributed by atoms with Crippen LogP contribution >= 0.6 is 11.8 Å². The van der Waals surface area contributed by atoms with Crippen LogP contribution in [0.25, 0.3) is 44.4 Å². The third-order valence-electron chi connectivity index (χ3n) is 5.46. The highest BCUT2D eigenvalue weighted by Crippen LogP contribution is 2.50. The Bertz CT molecular complexity index is 1360. The van der Waals surface area contributed by atoms with Gasteiger partial charge in [0.1, 0.15) is 0 Å². The molecule has 5 aromatic rings. The van der Waals surface area contributed by atoms with Crippen molar-refractivity contribution >= 4 is 22.5 Å². The lowest BCUT2D eigenvalue weighted by atomic mass is 9.91. The molecule has 2 heteroatoms. The Kier molecular flexibility index (Phi) is 3.78. The highest BCUT2D eigenvalue weighted by Gasteiger charge is 2.24. The molecule has 0 amide bonds. The van der Waals surface area contributed by atoms with Gasteiger partial charge in [0, 0.05) is 31.9 Å². The molecule has 2 heterocycles. The van der Waals surface area contributed by atoms with E-state index in [9.17, 15) is 0 Å². The smallest absolute Gasteiger partial charge is 0.0811 e. The molecule has 0 N–H and O–H groups in total. The second kappa shape index (κ2) is 6.61. The fourth-order valence-electron chi connectivity index (χ4n) is 4.19. The van der Waals surface area contributed by atoms with E-state index >= 15 is 0 Å². The molecular weight excluding hydrogens is 370 g/mol. The highest BCUT2D eigenvalue weighted by atomic mass is 32.2. The Morgan fingerprint density at radius 2 is 1.17 bits per heavy atom. The van der Waals surface area contributed by atoms with Crippen molar-refractivity contribution in [1.29, 1.82) is 0 Å². The summed E-state index contributed by atoms with van der Waals surface area (Å²) in [7, 11) is 0. The van der Waals surface area contributed by atoms with E-state index < -0.39 is 0 Å². The van der Waals surface area contributed by atoms with Crippen LogP contribution in [-0.2, 0) is 0 Å². The van der Waals surface area contributed by atoms with Crippen LogP contribution in [0, 0.1) is 0 Å². The van der Waals surface area contributed by atoms with E-state index in [1.807, 2.05) is 11.8 Å². The van der Waals surface area contributed by atoms with Gasteiger partial charge in [0.15, 0.2) is 0 Å². The van der Waals surface area contributed by atoms with E-state index in [2.05, 4.69) is 103 Å².